The molecule has 0 radical (unpaired) electrons. The number of carbonyl (C=O) groups excluding carboxylic acids is 3. The molecule has 1 aliphatic heterocycles. The zero-order chi connectivity index (χ0) is 23.6. The van der Waals surface area contributed by atoms with Gasteiger partial charge >= 0.3 is 5.97 Å². The van der Waals surface area contributed by atoms with Crippen molar-refractivity contribution in [3.8, 4) is 0 Å². The Morgan fingerprint density at radius 1 is 1.18 bits per heavy atom. The molecule has 2 aliphatic rings. The van der Waals surface area contributed by atoms with Gasteiger partial charge < -0.3 is 14.6 Å². The topological polar surface area (TPSA) is 93.5 Å². The van der Waals surface area contributed by atoms with Crippen molar-refractivity contribution in [2.45, 2.75) is 76.9 Å². The van der Waals surface area contributed by atoms with E-state index in [1.54, 1.807) is 16.4 Å². The Kier molecular flexibility index (Phi) is 6.54. The highest BCUT2D eigenvalue weighted by molar-refractivity contribution is 6.15. The van der Waals surface area contributed by atoms with E-state index in [9.17, 15) is 14.4 Å². The van der Waals surface area contributed by atoms with Crippen LogP contribution in [0.15, 0.2) is 30.6 Å². The molecule has 2 amide bonds. The number of methoxy groups -OCH3 is 1. The monoisotopic (exact) mass is 452 g/mol. The number of benzene rings is 1. The van der Waals surface area contributed by atoms with Crippen LogP contribution >= 0.6 is 0 Å². The van der Waals surface area contributed by atoms with E-state index < -0.39 is 17.4 Å². The molecule has 1 aliphatic carbocycles. The second-order valence-electron chi connectivity index (χ2n) is 9.12. The number of imidazole rings is 1. The first-order chi connectivity index (χ1) is 15.9. The van der Waals surface area contributed by atoms with Gasteiger partial charge in [-0.15, -0.1) is 0 Å². The Balaban J connectivity index is 1.79. The minimum atomic E-state index is -1.18. The number of ether oxygens (including phenoxy) is 1. The summed E-state index contributed by atoms with van der Waals surface area (Å²) >= 11 is 0. The van der Waals surface area contributed by atoms with Gasteiger partial charge in [0, 0.05) is 11.7 Å². The lowest BCUT2D eigenvalue weighted by Crippen LogP contribution is -2.65. The second kappa shape index (κ2) is 9.37. The van der Waals surface area contributed by atoms with Gasteiger partial charge in [0.1, 0.15) is 11.2 Å². The molecule has 1 aromatic heterocycles. The summed E-state index contributed by atoms with van der Waals surface area (Å²) in [7, 11) is 1.26. The molecule has 1 atom stereocenters. The van der Waals surface area contributed by atoms with Crippen LogP contribution in [0.25, 0.3) is 0 Å². The lowest BCUT2D eigenvalue weighted by Gasteiger charge is -2.44. The Labute approximate surface area is 194 Å². The van der Waals surface area contributed by atoms with Gasteiger partial charge in [-0.25, -0.2) is 9.78 Å². The molecule has 0 unspecified atom stereocenters. The highest BCUT2D eigenvalue weighted by atomic mass is 16.5. The van der Waals surface area contributed by atoms with Gasteiger partial charge in [0.15, 0.2) is 5.69 Å². The first kappa shape index (κ1) is 23.0. The van der Waals surface area contributed by atoms with Crippen LogP contribution in [0.3, 0.4) is 0 Å². The van der Waals surface area contributed by atoms with E-state index in [-0.39, 0.29) is 29.9 Å². The van der Waals surface area contributed by atoms with Crippen LogP contribution in [0.4, 0.5) is 5.69 Å². The third kappa shape index (κ3) is 4.14. The second-order valence-corrected chi connectivity index (χ2v) is 9.12. The molecular weight excluding hydrogens is 420 g/mol. The van der Waals surface area contributed by atoms with Gasteiger partial charge in [-0.3, -0.25) is 14.5 Å². The highest BCUT2D eigenvalue weighted by Gasteiger charge is 2.50. The van der Waals surface area contributed by atoms with Crippen molar-refractivity contribution in [1.82, 2.24) is 14.9 Å². The zero-order valence-electron chi connectivity index (χ0n) is 19.6. The molecule has 1 N–H and O–H groups in total. The maximum absolute atomic E-state index is 13.9. The molecule has 2 aromatic rings. The van der Waals surface area contributed by atoms with Gasteiger partial charge in [0.2, 0.25) is 5.91 Å². The minimum absolute atomic E-state index is 0.0345. The number of carbonyl (C=O) groups is 3. The van der Waals surface area contributed by atoms with Crippen LogP contribution in [0.1, 0.15) is 78.9 Å². The Morgan fingerprint density at radius 2 is 1.88 bits per heavy atom. The quantitative estimate of drug-likeness (QED) is 0.554. The van der Waals surface area contributed by atoms with E-state index in [0.29, 0.717) is 12.1 Å². The van der Waals surface area contributed by atoms with Gasteiger partial charge in [0.25, 0.3) is 5.91 Å². The summed E-state index contributed by atoms with van der Waals surface area (Å²) in [6.45, 7) is 4.00. The number of para-hydroxylation sites is 1. The van der Waals surface area contributed by atoms with E-state index in [4.69, 9.17) is 4.74 Å². The normalized spacial score (nSPS) is 21.3. The fourth-order valence-electron chi connectivity index (χ4n) is 5.05. The van der Waals surface area contributed by atoms with Crippen molar-refractivity contribution in [1.29, 1.82) is 0 Å². The van der Waals surface area contributed by atoms with E-state index in [2.05, 4.69) is 10.3 Å². The SMILES string of the molecule is CCc1ccccc1N1C(=O)c2c(C(=O)OC)ncn2C[C@@]1(C)C(=O)NC1CCCCCC1. The van der Waals surface area contributed by atoms with Crippen LogP contribution in [0.5, 0.6) is 0 Å². The number of nitrogens with one attached hydrogen (secondary N) is 1. The largest absolute Gasteiger partial charge is 0.464 e. The third-order valence-electron chi connectivity index (χ3n) is 6.89. The number of fused-ring (bicyclic) bond motifs is 1. The molecule has 176 valence electrons. The maximum atomic E-state index is 13.9. The standard InChI is InChI=1S/C25H32N4O4/c1-4-17-11-9-10-14-19(17)29-22(30)21-20(23(31)33-3)26-16-28(21)15-25(29,2)24(32)27-18-12-7-5-6-8-13-18/h9-11,14,16,18H,4-8,12-13,15H2,1-3H3,(H,27,32)/t25-/m0/s1. The van der Waals surface area contributed by atoms with Gasteiger partial charge in [-0.05, 0) is 37.8 Å². The summed E-state index contributed by atoms with van der Waals surface area (Å²) in [5.74, 6) is -1.29. The number of anilines is 1. The average molecular weight is 453 g/mol. The molecule has 8 heteroatoms. The van der Waals surface area contributed by atoms with Crippen LogP contribution < -0.4 is 10.2 Å². The summed E-state index contributed by atoms with van der Waals surface area (Å²) in [6.07, 6.45) is 8.60. The lowest BCUT2D eigenvalue weighted by molar-refractivity contribution is -0.127. The predicted octanol–water partition coefficient (Wildman–Crippen LogP) is 3.49. The number of aryl methyl sites for hydroxylation is 1. The molecule has 1 aromatic carbocycles. The highest BCUT2D eigenvalue weighted by Crippen LogP contribution is 2.36. The molecule has 0 spiro atoms. The Hall–Kier alpha value is -3.16. The molecule has 0 saturated heterocycles. The third-order valence-corrected chi connectivity index (χ3v) is 6.89. The molecule has 0 bridgehead atoms. The van der Waals surface area contributed by atoms with Crippen molar-refractivity contribution in [2.24, 2.45) is 0 Å². The molecule has 33 heavy (non-hydrogen) atoms. The smallest absolute Gasteiger partial charge is 0.359 e. The van der Waals surface area contributed by atoms with Crippen molar-refractivity contribution in [3.63, 3.8) is 0 Å². The number of hydrogen-bond donors (Lipinski definition) is 1. The number of amides is 2. The maximum Gasteiger partial charge on any atom is 0.359 e. The first-order valence-electron chi connectivity index (χ1n) is 11.8. The van der Waals surface area contributed by atoms with E-state index in [1.165, 1.54) is 26.3 Å². The predicted molar refractivity (Wildman–Crippen MR) is 124 cm³/mol. The number of hydrogen-bond acceptors (Lipinski definition) is 5. The van der Waals surface area contributed by atoms with E-state index in [0.717, 1.165) is 31.2 Å². The summed E-state index contributed by atoms with van der Waals surface area (Å²) < 4.78 is 6.45. The summed E-state index contributed by atoms with van der Waals surface area (Å²) in [4.78, 5) is 45.7. The Morgan fingerprint density at radius 3 is 2.55 bits per heavy atom. The van der Waals surface area contributed by atoms with Crippen molar-refractivity contribution in [2.75, 3.05) is 12.0 Å². The van der Waals surface area contributed by atoms with Gasteiger partial charge in [-0.1, -0.05) is 50.8 Å². The summed E-state index contributed by atoms with van der Waals surface area (Å²) in [6, 6.07) is 7.70. The van der Waals surface area contributed by atoms with Crippen LogP contribution in [-0.4, -0.2) is 46.0 Å². The number of aromatic nitrogens is 2. The average Bonchev–Trinajstić information content (AvgIpc) is 3.07. The van der Waals surface area contributed by atoms with E-state index in [1.807, 2.05) is 31.2 Å². The molecule has 1 saturated carbocycles. The van der Waals surface area contributed by atoms with Crippen LogP contribution in [0.2, 0.25) is 0 Å². The summed E-state index contributed by atoms with van der Waals surface area (Å²) in [5.41, 5.74) is 0.550. The summed E-state index contributed by atoms with van der Waals surface area (Å²) in [5, 5.41) is 3.24. The molecule has 1 fully saturated rings. The number of esters is 1. The fourth-order valence-corrected chi connectivity index (χ4v) is 5.05. The van der Waals surface area contributed by atoms with Crippen LogP contribution in [0, 0.1) is 0 Å². The van der Waals surface area contributed by atoms with Gasteiger partial charge in [0.05, 0.1) is 20.0 Å². The van der Waals surface area contributed by atoms with Gasteiger partial charge in [-0.2, -0.15) is 0 Å². The zero-order valence-corrected chi connectivity index (χ0v) is 19.6. The lowest BCUT2D eigenvalue weighted by atomic mass is 9.91. The molecule has 8 nitrogen and oxygen atoms in total. The van der Waals surface area contributed by atoms with Crippen molar-refractivity contribution in [3.05, 3.63) is 47.5 Å². The number of rotatable bonds is 5. The first-order valence-corrected chi connectivity index (χ1v) is 11.8. The molecule has 2 heterocycles. The van der Waals surface area contributed by atoms with E-state index >= 15 is 0 Å². The fraction of sp³-hybridized carbons (Fsp3) is 0.520. The Bertz CT molecular complexity index is 1050. The minimum Gasteiger partial charge on any atom is -0.464 e. The molecule has 4 rings (SSSR count). The van der Waals surface area contributed by atoms with Crippen molar-refractivity contribution >= 4 is 23.5 Å². The van der Waals surface area contributed by atoms with Crippen molar-refractivity contribution < 1.29 is 19.1 Å². The number of nitrogens with zero attached hydrogens (tertiary/aromatic N) is 3. The molecular formula is C25H32N4O4. The van der Waals surface area contributed by atoms with Crippen LogP contribution in [-0.2, 0) is 22.5 Å².